The monoisotopic (exact) mass is 203 g/mol. The van der Waals surface area contributed by atoms with E-state index in [1.54, 1.807) is 6.07 Å². The number of hydrogen-bond acceptors (Lipinski definition) is 1. The third-order valence-corrected chi connectivity index (χ3v) is 2.50. The Labute approximate surface area is 87.7 Å². The molecular weight excluding hydrogens is 193 g/mol. The normalized spacial score (nSPS) is 14.7. The van der Waals surface area contributed by atoms with Crippen LogP contribution in [0.3, 0.4) is 0 Å². The lowest BCUT2D eigenvalue weighted by molar-refractivity contribution is -0.118. The van der Waals surface area contributed by atoms with Crippen LogP contribution in [0.5, 0.6) is 0 Å². The fourth-order valence-corrected chi connectivity index (χ4v) is 1.78. The van der Waals surface area contributed by atoms with Crippen molar-refractivity contribution in [3.63, 3.8) is 0 Å². The largest absolute Gasteiger partial charge is 0.300 e. The molecular formula is C12H10FNO. The molecule has 0 radical (unpaired) electrons. The molecule has 0 saturated heterocycles. The van der Waals surface area contributed by atoms with Crippen LogP contribution in [0.15, 0.2) is 18.2 Å². The minimum Gasteiger partial charge on any atom is -0.300 e. The number of amides is 1. The van der Waals surface area contributed by atoms with Gasteiger partial charge in [0.15, 0.2) is 0 Å². The van der Waals surface area contributed by atoms with Crippen molar-refractivity contribution < 1.29 is 9.18 Å². The van der Waals surface area contributed by atoms with Crippen LogP contribution in [0, 0.1) is 18.2 Å². The van der Waals surface area contributed by atoms with Crippen LogP contribution in [-0.4, -0.2) is 12.5 Å². The van der Waals surface area contributed by atoms with Crippen LogP contribution in [0.25, 0.3) is 0 Å². The number of terminal acetylenes is 1. The smallest absolute Gasteiger partial charge is 0.228 e. The zero-order chi connectivity index (χ0) is 10.8. The summed E-state index contributed by atoms with van der Waals surface area (Å²) in [7, 11) is 0. The number of hydrogen-bond donors (Lipinski definition) is 0. The standard InChI is InChI=1S/C12H10FNO/c1-2-7-14-11-8-10(13)5-3-9(11)4-6-12(14)15/h1,3,5,8H,4,6-7H2. The molecule has 2 nitrogen and oxygen atoms in total. The summed E-state index contributed by atoms with van der Waals surface area (Å²) >= 11 is 0. The predicted molar refractivity (Wildman–Crippen MR) is 55.9 cm³/mol. The van der Waals surface area contributed by atoms with Crippen molar-refractivity contribution in [3.8, 4) is 12.3 Å². The van der Waals surface area contributed by atoms with Crippen molar-refractivity contribution in [2.75, 3.05) is 11.4 Å². The molecule has 1 aromatic carbocycles. The maximum atomic E-state index is 13.0. The van der Waals surface area contributed by atoms with Crippen molar-refractivity contribution in [2.45, 2.75) is 12.8 Å². The molecule has 1 heterocycles. The third-order valence-electron chi connectivity index (χ3n) is 2.50. The third kappa shape index (κ3) is 1.71. The lowest BCUT2D eigenvalue weighted by atomic mass is 10.0. The van der Waals surface area contributed by atoms with E-state index in [4.69, 9.17) is 6.42 Å². The highest BCUT2D eigenvalue weighted by Gasteiger charge is 2.23. The molecule has 0 spiro atoms. The van der Waals surface area contributed by atoms with E-state index < -0.39 is 0 Å². The van der Waals surface area contributed by atoms with Gasteiger partial charge in [-0.3, -0.25) is 4.79 Å². The average molecular weight is 203 g/mol. The highest BCUT2D eigenvalue weighted by atomic mass is 19.1. The summed E-state index contributed by atoms with van der Waals surface area (Å²) < 4.78 is 13.0. The Hall–Kier alpha value is -1.82. The fourth-order valence-electron chi connectivity index (χ4n) is 1.78. The van der Waals surface area contributed by atoms with Gasteiger partial charge in [0, 0.05) is 6.42 Å². The number of nitrogens with zero attached hydrogens (tertiary/aromatic N) is 1. The molecule has 0 aliphatic carbocycles. The number of anilines is 1. The topological polar surface area (TPSA) is 20.3 Å². The van der Waals surface area contributed by atoms with E-state index in [-0.39, 0.29) is 18.3 Å². The average Bonchev–Trinajstić information content (AvgIpc) is 2.23. The predicted octanol–water partition coefficient (Wildman–Crippen LogP) is 1.74. The molecule has 0 N–H and O–H groups in total. The van der Waals surface area contributed by atoms with Gasteiger partial charge in [0.05, 0.1) is 12.2 Å². The Balaban J connectivity index is 2.46. The van der Waals surface area contributed by atoms with Gasteiger partial charge in [-0.2, -0.15) is 0 Å². The van der Waals surface area contributed by atoms with Crippen molar-refractivity contribution >= 4 is 11.6 Å². The lowest BCUT2D eigenvalue weighted by Gasteiger charge is -2.27. The second-order valence-electron chi connectivity index (χ2n) is 3.46. The summed E-state index contributed by atoms with van der Waals surface area (Å²) in [6.45, 7) is 0.204. The van der Waals surface area contributed by atoms with Gasteiger partial charge in [0.2, 0.25) is 5.91 Å². The van der Waals surface area contributed by atoms with Gasteiger partial charge in [-0.1, -0.05) is 12.0 Å². The quantitative estimate of drug-likeness (QED) is 0.636. The Morgan fingerprint density at radius 2 is 2.27 bits per heavy atom. The Morgan fingerprint density at radius 1 is 1.47 bits per heavy atom. The number of fused-ring (bicyclic) bond motifs is 1. The first-order valence-electron chi connectivity index (χ1n) is 4.74. The zero-order valence-corrected chi connectivity index (χ0v) is 8.16. The van der Waals surface area contributed by atoms with Crippen LogP contribution in [0.4, 0.5) is 10.1 Å². The first-order chi connectivity index (χ1) is 7.22. The molecule has 0 saturated carbocycles. The maximum Gasteiger partial charge on any atom is 0.228 e. The van der Waals surface area contributed by atoms with E-state index in [0.717, 1.165) is 5.56 Å². The van der Waals surface area contributed by atoms with Crippen LogP contribution in [0.2, 0.25) is 0 Å². The number of aryl methyl sites for hydroxylation is 1. The van der Waals surface area contributed by atoms with Gasteiger partial charge >= 0.3 is 0 Å². The van der Waals surface area contributed by atoms with Crippen LogP contribution < -0.4 is 4.90 Å². The lowest BCUT2D eigenvalue weighted by Crippen LogP contribution is -2.35. The minimum absolute atomic E-state index is 0.0361. The van der Waals surface area contributed by atoms with Crippen LogP contribution in [-0.2, 0) is 11.2 Å². The molecule has 1 aliphatic rings. The van der Waals surface area contributed by atoms with E-state index in [1.807, 2.05) is 0 Å². The number of halogens is 1. The summed E-state index contributed by atoms with van der Waals surface area (Å²) in [5.41, 5.74) is 1.59. The summed E-state index contributed by atoms with van der Waals surface area (Å²) in [6, 6.07) is 4.48. The number of rotatable bonds is 1. The van der Waals surface area contributed by atoms with E-state index >= 15 is 0 Å². The number of carbonyl (C=O) groups is 1. The maximum absolute atomic E-state index is 13.0. The van der Waals surface area contributed by atoms with Crippen molar-refractivity contribution in [1.82, 2.24) is 0 Å². The molecule has 0 bridgehead atoms. The zero-order valence-electron chi connectivity index (χ0n) is 8.16. The highest BCUT2D eigenvalue weighted by Crippen LogP contribution is 2.28. The van der Waals surface area contributed by atoms with E-state index in [9.17, 15) is 9.18 Å². The first-order valence-corrected chi connectivity index (χ1v) is 4.74. The summed E-state index contributed by atoms with van der Waals surface area (Å²) in [5, 5.41) is 0. The van der Waals surface area contributed by atoms with Gasteiger partial charge in [0.1, 0.15) is 5.82 Å². The fraction of sp³-hybridized carbons (Fsp3) is 0.250. The number of carbonyl (C=O) groups excluding carboxylic acids is 1. The highest BCUT2D eigenvalue weighted by molar-refractivity contribution is 5.96. The summed E-state index contributed by atoms with van der Waals surface area (Å²) in [5.74, 6) is 2.03. The molecule has 2 rings (SSSR count). The van der Waals surface area contributed by atoms with Gasteiger partial charge in [-0.05, 0) is 24.1 Å². The summed E-state index contributed by atoms with van der Waals surface area (Å²) in [4.78, 5) is 13.0. The van der Waals surface area contributed by atoms with Crippen LogP contribution >= 0.6 is 0 Å². The van der Waals surface area contributed by atoms with Gasteiger partial charge in [-0.15, -0.1) is 6.42 Å². The molecule has 3 heteroatoms. The Morgan fingerprint density at radius 3 is 3.00 bits per heavy atom. The second-order valence-corrected chi connectivity index (χ2v) is 3.46. The molecule has 15 heavy (non-hydrogen) atoms. The molecule has 0 aromatic heterocycles. The van der Waals surface area contributed by atoms with Crippen molar-refractivity contribution in [1.29, 1.82) is 0 Å². The Kier molecular flexibility index (Phi) is 2.42. The molecule has 0 atom stereocenters. The molecule has 0 fully saturated rings. The second kappa shape index (κ2) is 3.74. The van der Waals surface area contributed by atoms with Gasteiger partial charge in [0.25, 0.3) is 0 Å². The SMILES string of the molecule is C#CCN1C(=O)CCc2ccc(F)cc21. The first kappa shape index (κ1) is 9.72. The molecule has 1 amide bonds. The van der Waals surface area contributed by atoms with Gasteiger partial charge in [-0.25, -0.2) is 4.39 Å². The van der Waals surface area contributed by atoms with E-state index in [0.29, 0.717) is 18.5 Å². The van der Waals surface area contributed by atoms with E-state index in [2.05, 4.69) is 5.92 Å². The van der Waals surface area contributed by atoms with Crippen molar-refractivity contribution in [3.05, 3.63) is 29.6 Å². The summed E-state index contributed by atoms with van der Waals surface area (Å²) in [6.07, 6.45) is 6.29. The molecule has 1 aromatic rings. The van der Waals surface area contributed by atoms with Crippen molar-refractivity contribution in [2.24, 2.45) is 0 Å². The Bertz CT molecular complexity index is 447. The molecule has 76 valence electrons. The number of benzene rings is 1. The minimum atomic E-state index is -0.342. The van der Waals surface area contributed by atoms with Gasteiger partial charge < -0.3 is 4.90 Å². The van der Waals surface area contributed by atoms with E-state index in [1.165, 1.54) is 17.0 Å². The molecule has 1 aliphatic heterocycles. The van der Waals surface area contributed by atoms with Crippen LogP contribution in [0.1, 0.15) is 12.0 Å². The molecule has 0 unspecified atom stereocenters.